The number of rotatable bonds is 3. The van der Waals surface area contributed by atoms with Gasteiger partial charge in [-0.2, -0.15) is 0 Å². The lowest BCUT2D eigenvalue weighted by Gasteiger charge is -2.39. The van der Waals surface area contributed by atoms with Crippen LogP contribution < -0.4 is 4.90 Å². The number of anilines is 1. The summed E-state index contributed by atoms with van der Waals surface area (Å²) >= 11 is 0. The molecule has 0 amide bonds. The Morgan fingerprint density at radius 3 is 2.72 bits per heavy atom. The number of para-hydroxylation sites is 1. The molecule has 98 valence electrons. The fourth-order valence-corrected chi connectivity index (χ4v) is 2.81. The molecule has 0 radical (unpaired) electrons. The molecular formula is C16H23NO. The number of aryl methyl sites for hydroxylation is 1. The van der Waals surface area contributed by atoms with E-state index in [-0.39, 0.29) is 5.92 Å². The van der Waals surface area contributed by atoms with Crippen molar-refractivity contribution in [1.29, 1.82) is 0 Å². The summed E-state index contributed by atoms with van der Waals surface area (Å²) in [5.74, 6) is 0.556. The van der Waals surface area contributed by atoms with Crippen LogP contribution in [0.4, 0.5) is 5.69 Å². The van der Waals surface area contributed by atoms with Crippen molar-refractivity contribution in [3.63, 3.8) is 0 Å². The fourth-order valence-electron chi connectivity index (χ4n) is 2.81. The highest BCUT2D eigenvalue weighted by atomic mass is 16.1. The van der Waals surface area contributed by atoms with Gasteiger partial charge >= 0.3 is 0 Å². The Hall–Kier alpha value is -1.31. The SMILES string of the molecule is CCCc1ccccc1N1CCC(=O)C(C)C1C. The first-order valence-corrected chi connectivity index (χ1v) is 7.02. The minimum atomic E-state index is 0.147. The second-order valence-electron chi connectivity index (χ2n) is 5.32. The molecule has 0 aromatic heterocycles. The summed E-state index contributed by atoms with van der Waals surface area (Å²) in [6.07, 6.45) is 2.96. The lowest BCUT2D eigenvalue weighted by Crippen LogP contribution is -2.47. The molecule has 0 bridgehead atoms. The van der Waals surface area contributed by atoms with Crippen LogP contribution in [0.25, 0.3) is 0 Å². The van der Waals surface area contributed by atoms with Gasteiger partial charge in [0.1, 0.15) is 5.78 Å². The highest BCUT2D eigenvalue weighted by Crippen LogP contribution is 2.29. The van der Waals surface area contributed by atoms with Gasteiger partial charge in [0.15, 0.2) is 0 Å². The largest absolute Gasteiger partial charge is 0.367 e. The van der Waals surface area contributed by atoms with E-state index in [1.165, 1.54) is 11.3 Å². The van der Waals surface area contributed by atoms with Crippen LogP contribution in [-0.4, -0.2) is 18.4 Å². The Balaban J connectivity index is 2.28. The van der Waals surface area contributed by atoms with Crippen molar-refractivity contribution < 1.29 is 4.79 Å². The van der Waals surface area contributed by atoms with Crippen LogP contribution in [0.15, 0.2) is 24.3 Å². The Morgan fingerprint density at radius 2 is 2.00 bits per heavy atom. The summed E-state index contributed by atoms with van der Waals surface area (Å²) in [6, 6.07) is 8.93. The Bertz CT molecular complexity index is 427. The van der Waals surface area contributed by atoms with Crippen molar-refractivity contribution in [2.45, 2.75) is 46.1 Å². The van der Waals surface area contributed by atoms with E-state index in [1.54, 1.807) is 0 Å². The summed E-state index contributed by atoms with van der Waals surface area (Å²) in [5, 5.41) is 0. The van der Waals surface area contributed by atoms with E-state index in [2.05, 4.69) is 49.9 Å². The smallest absolute Gasteiger partial charge is 0.139 e. The van der Waals surface area contributed by atoms with Crippen molar-refractivity contribution in [2.24, 2.45) is 5.92 Å². The zero-order chi connectivity index (χ0) is 13.1. The van der Waals surface area contributed by atoms with E-state index in [0.29, 0.717) is 18.2 Å². The van der Waals surface area contributed by atoms with Crippen molar-refractivity contribution in [3.8, 4) is 0 Å². The van der Waals surface area contributed by atoms with Gasteiger partial charge in [-0.15, -0.1) is 0 Å². The number of piperidine rings is 1. The summed E-state index contributed by atoms with van der Waals surface area (Å²) in [4.78, 5) is 14.2. The van der Waals surface area contributed by atoms with Crippen LogP contribution >= 0.6 is 0 Å². The van der Waals surface area contributed by atoms with Crippen LogP contribution in [-0.2, 0) is 11.2 Å². The Labute approximate surface area is 110 Å². The number of ketones is 1. The minimum Gasteiger partial charge on any atom is -0.367 e. The Kier molecular flexibility index (Phi) is 4.05. The molecule has 2 nitrogen and oxygen atoms in total. The molecule has 2 atom stereocenters. The van der Waals surface area contributed by atoms with E-state index in [1.807, 2.05) is 0 Å². The number of carbonyl (C=O) groups excluding carboxylic acids is 1. The fraction of sp³-hybridized carbons (Fsp3) is 0.562. The van der Waals surface area contributed by atoms with Gasteiger partial charge in [-0.05, 0) is 25.0 Å². The molecule has 0 saturated carbocycles. The molecule has 2 unspecified atom stereocenters. The zero-order valence-corrected chi connectivity index (χ0v) is 11.6. The zero-order valence-electron chi connectivity index (χ0n) is 11.6. The van der Waals surface area contributed by atoms with E-state index in [9.17, 15) is 4.79 Å². The van der Waals surface area contributed by atoms with Gasteiger partial charge in [0.25, 0.3) is 0 Å². The standard InChI is InChI=1S/C16H23NO/c1-4-7-14-8-5-6-9-15(14)17-11-10-16(18)12(2)13(17)3/h5-6,8-9,12-13H,4,7,10-11H2,1-3H3. The van der Waals surface area contributed by atoms with Gasteiger partial charge in [-0.1, -0.05) is 38.5 Å². The van der Waals surface area contributed by atoms with Crippen LogP contribution in [0.2, 0.25) is 0 Å². The molecule has 1 aliphatic heterocycles. The predicted octanol–water partition coefficient (Wildman–Crippen LogP) is 3.44. The second kappa shape index (κ2) is 5.55. The van der Waals surface area contributed by atoms with Crippen molar-refractivity contribution in [1.82, 2.24) is 0 Å². The average Bonchev–Trinajstić information content (AvgIpc) is 2.38. The van der Waals surface area contributed by atoms with E-state index < -0.39 is 0 Å². The van der Waals surface area contributed by atoms with E-state index >= 15 is 0 Å². The highest BCUT2D eigenvalue weighted by Gasteiger charge is 2.31. The van der Waals surface area contributed by atoms with Gasteiger partial charge in [-0.3, -0.25) is 4.79 Å². The minimum absolute atomic E-state index is 0.147. The molecule has 18 heavy (non-hydrogen) atoms. The monoisotopic (exact) mass is 245 g/mol. The first-order chi connectivity index (χ1) is 8.65. The molecular weight excluding hydrogens is 222 g/mol. The summed E-state index contributed by atoms with van der Waals surface area (Å²) in [7, 11) is 0. The molecule has 1 aromatic rings. The average molecular weight is 245 g/mol. The summed E-state index contributed by atoms with van der Waals surface area (Å²) in [5.41, 5.74) is 2.74. The first kappa shape index (κ1) is 13.1. The van der Waals surface area contributed by atoms with Crippen LogP contribution in [0.5, 0.6) is 0 Å². The Morgan fingerprint density at radius 1 is 1.28 bits per heavy atom. The predicted molar refractivity (Wildman–Crippen MR) is 76.0 cm³/mol. The third-order valence-corrected chi connectivity index (χ3v) is 4.14. The molecule has 1 aromatic carbocycles. The summed E-state index contributed by atoms with van der Waals surface area (Å²) in [6.45, 7) is 7.31. The second-order valence-corrected chi connectivity index (χ2v) is 5.32. The maximum absolute atomic E-state index is 11.8. The molecule has 0 aliphatic carbocycles. The molecule has 1 saturated heterocycles. The number of Topliss-reactive ketones (excluding diaryl/α,β-unsaturated/α-hetero) is 1. The van der Waals surface area contributed by atoms with Crippen molar-refractivity contribution >= 4 is 11.5 Å². The summed E-state index contributed by atoms with van der Waals surface area (Å²) < 4.78 is 0. The van der Waals surface area contributed by atoms with Gasteiger partial charge in [0.05, 0.1) is 0 Å². The number of benzene rings is 1. The lowest BCUT2D eigenvalue weighted by atomic mass is 9.89. The molecule has 1 heterocycles. The molecule has 2 rings (SSSR count). The third kappa shape index (κ3) is 2.43. The highest BCUT2D eigenvalue weighted by molar-refractivity contribution is 5.84. The molecule has 1 fully saturated rings. The maximum Gasteiger partial charge on any atom is 0.139 e. The third-order valence-electron chi connectivity index (χ3n) is 4.14. The maximum atomic E-state index is 11.8. The van der Waals surface area contributed by atoms with Gasteiger partial charge in [-0.25, -0.2) is 0 Å². The molecule has 0 spiro atoms. The van der Waals surface area contributed by atoms with Gasteiger partial charge < -0.3 is 4.90 Å². The molecule has 2 heteroatoms. The van der Waals surface area contributed by atoms with Crippen LogP contribution in [0.1, 0.15) is 39.2 Å². The molecule has 0 N–H and O–H groups in total. The van der Waals surface area contributed by atoms with E-state index in [4.69, 9.17) is 0 Å². The van der Waals surface area contributed by atoms with Gasteiger partial charge in [0, 0.05) is 30.6 Å². The quantitative estimate of drug-likeness (QED) is 0.813. The van der Waals surface area contributed by atoms with Gasteiger partial charge in [0.2, 0.25) is 0 Å². The van der Waals surface area contributed by atoms with E-state index in [0.717, 1.165) is 19.4 Å². The van der Waals surface area contributed by atoms with Crippen molar-refractivity contribution in [2.75, 3.05) is 11.4 Å². The number of carbonyl (C=O) groups is 1. The normalized spacial score (nSPS) is 24.4. The number of hydrogen-bond acceptors (Lipinski definition) is 2. The first-order valence-electron chi connectivity index (χ1n) is 7.02. The lowest BCUT2D eigenvalue weighted by molar-refractivity contribution is -0.123. The van der Waals surface area contributed by atoms with Crippen LogP contribution in [0, 0.1) is 5.92 Å². The number of nitrogens with zero attached hydrogens (tertiary/aromatic N) is 1. The molecule has 1 aliphatic rings. The van der Waals surface area contributed by atoms with Crippen molar-refractivity contribution in [3.05, 3.63) is 29.8 Å². The number of hydrogen-bond donors (Lipinski definition) is 0. The van der Waals surface area contributed by atoms with Crippen LogP contribution in [0.3, 0.4) is 0 Å². The topological polar surface area (TPSA) is 20.3 Å².